The first kappa shape index (κ1) is 10.3. The third kappa shape index (κ3) is 61.9. The van der Waals surface area contributed by atoms with Crippen LogP contribution in [0.5, 0.6) is 0 Å². The number of amides is 1. The van der Waals surface area contributed by atoms with Gasteiger partial charge in [-0.2, -0.15) is 0 Å². The molecule has 0 spiro atoms. The molecule has 0 bridgehead atoms. The van der Waals surface area contributed by atoms with Crippen LogP contribution in [0, 0.1) is 0 Å². The van der Waals surface area contributed by atoms with Gasteiger partial charge in [0.25, 0.3) is 0 Å². The van der Waals surface area contributed by atoms with Gasteiger partial charge in [-0.15, -0.1) is 0 Å². The molecule has 0 radical (unpaired) electrons. The zero-order chi connectivity index (χ0) is 6.99. The quantitative estimate of drug-likeness (QED) is 0.489. The predicted octanol–water partition coefficient (Wildman–Crippen LogP) is -0.0259. The van der Waals surface area contributed by atoms with E-state index in [1.165, 1.54) is 7.11 Å². The van der Waals surface area contributed by atoms with Crippen molar-refractivity contribution >= 4 is 6.09 Å². The van der Waals surface area contributed by atoms with Crippen LogP contribution in [-0.4, -0.2) is 27.4 Å². The van der Waals surface area contributed by atoms with Gasteiger partial charge in [0.2, 0.25) is 0 Å². The summed E-state index contributed by atoms with van der Waals surface area (Å²) in [6.45, 7) is 0. The van der Waals surface area contributed by atoms with Crippen LogP contribution in [0.2, 0.25) is 0 Å². The van der Waals surface area contributed by atoms with Gasteiger partial charge < -0.3 is 15.2 Å². The highest BCUT2D eigenvalue weighted by atomic mass is 16.5. The highest BCUT2D eigenvalue weighted by Gasteiger charge is 1.76. The van der Waals surface area contributed by atoms with Crippen LogP contribution in [0.4, 0.5) is 4.79 Å². The molecular weight excluding hydrogens is 110 g/mol. The summed E-state index contributed by atoms with van der Waals surface area (Å²) >= 11 is 0. The molecule has 4 heteroatoms. The molecule has 1 amide bonds. The first-order valence-corrected chi connectivity index (χ1v) is 1.92. The van der Waals surface area contributed by atoms with Crippen molar-refractivity contribution in [2.24, 2.45) is 5.73 Å². The topological polar surface area (TPSA) is 61.6 Å². The summed E-state index contributed by atoms with van der Waals surface area (Å²) in [7, 11) is 4.47. The van der Waals surface area contributed by atoms with Crippen LogP contribution in [-0.2, 0) is 9.47 Å². The van der Waals surface area contributed by atoms with Crippen LogP contribution >= 0.6 is 0 Å². The van der Waals surface area contributed by atoms with Crippen molar-refractivity contribution in [3.05, 3.63) is 0 Å². The van der Waals surface area contributed by atoms with E-state index < -0.39 is 6.09 Å². The molecular formula is C4H11NO3. The minimum absolute atomic E-state index is 0.745. The van der Waals surface area contributed by atoms with Crippen LogP contribution < -0.4 is 5.73 Å². The van der Waals surface area contributed by atoms with Gasteiger partial charge in [-0.1, -0.05) is 0 Å². The van der Waals surface area contributed by atoms with Crippen molar-refractivity contribution in [2.75, 3.05) is 21.3 Å². The van der Waals surface area contributed by atoms with Crippen molar-refractivity contribution in [3.63, 3.8) is 0 Å². The average Bonchev–Trinajstić information content (AvgIpc) is 1.69. The van der Waals surface area contributed by atoms with Gasteiger partial charge in [0.1, 0.15) is 0 Å². The SMILES string of the molecule is COC.COC(N)=O. The molecule has 0 saturated carbocycles. The van der Waals surface area contributed by atoms with Crippen molar-refractivity contribution in [1.82, 2.24) is 0 Å². The van der Waals surface area contributed by atoms with Gasteiger partial charge in [-0.3, -0.25) is 0 Å². The van der Waals surface area contributed by atoms with Gasteiger partial charge in [0, 0.05) is 14.2 Å². The number of rotatable bonds is 0. The third-order valence-corrected chi connectivity index (χ3v) is 0.201. The minimum Gasteiger partial charge on any atom is -0.453 e. The number of ether oxygens (including phenoxy) is 2. The summed E-state index contributed by atoms with van der Waals surface area (Å²) < 4.78 is 8.14. The second-order valence-electron chi connectivity index (χ2n) is 0.931. The van der Waals surface area contributed by atoms with Gasteiger partial charge in [-0.05, 0) is 0 Å². The van der Waals surface area contributed by atoms with E-state index in [0.717, 1.165) is 0 Å². The standard InChI is InChI=1S/C2H5NO2.C2H6O/c1-5-2(3)4;1-3-2/h1H3,(H2,3,4);1-2H3. The van der Waals surface area contributed by atoms with Gasteiger partial charge >= 0.3 is 6.09 Å². The fourth-order valence-corrected chi connectivity index (χ4v) is 0. The van der Waals surface area contributed by atoms with E-state index in [-0.39, 0.29) is 0 Å². The fourth-order valence-electron chi connectivity index (χ4n) is 0. The Bertz CT molecular complexity index is 55.2. The molecule has 0 atom stereocenters. The van der Waals surface area contributed by atoms with Crippen LogP contribution in [0.3, 0.4) is 0 Å². The Kier molecular flexibility index (Phi) is 12.2. The lowest BCUT2D eigenvalue weighted by molar-refractivity contribution is 0.182. The third-order valence-electron chi connectivity index (χ3n) is 0.201. The lowest BCUT2D eigenvalue weighted by Crippen LogP contribution is -2.08. The number of hydrogen-bond acceptors (Lipinski definition) is 3. The molecule has 0 heterocycles. The van der Waals surface area contributed by atoms with E-state index >= 15 is 0 Å². The second kappa shape index (κ2) is 9.52. The predicted molar refractivity (Wildman–Crippen MR) is 29.5 cm³/mol. The molecule has 0 aromatic rings. The van der Waals surface area contributed by atoms with Gasteiger partial charge in [0.05, 0.1) is 7.11 Å². The van der Waals surface area contributed by atoms with Crippen LogP contribution in [0.1, 0.15) is 0 Å². The minimum atomic E-state index is -0.745. The van der Waals surface area contributed by atoms with Crippen molar-refractivity contribution in [1.29, 1.82) is 0 Å². The normalized spacial score (nSPS) is 6.38. The fraction of sp³-hybridized carbons (Fsp3) is 0.750. The summed E-state index contributed by atoms with van der Waals surface area (Å²) in [6, 6.07) is 0. The number of methoxy groups -OCH3 is 2. The highest BCUT2D eigenvalue weighted by Crippen LogP contribution is 1.55. The molecule has 50 valence electrons. The van der Waals surface area contributed by atoms with E-state index in [0.29, 0.717) is 0 Å². The Morgan fingerprint density at radius 1 is 1.38 bits per heavy atom. The first-order chi connectivity index (χ1) is 3.68. The largest absolute Gasteiger partial charge is 0.453 e. The van der Waals surface area contributed by atoms with Crippen molar-refractivity contribution in [3.8, 4) is 0 Å². The lowest BCUT2D eigenvalue weighted by Gasteiger charge is -1.81. The number of primary amides is 1. The van der Waals surface area contributed by atoms with Crippen LogP contribution in [0.25, 0.3) is 0 Å². The monoisotopic (exact) mass is 121 g/mol. The second-order valence-corrected chi connectivity index (χ2v) is 0.931. The molecule has 0 unspecified atom stereocenters. The maximum absolute atomic E-state index is 9.37. The zero-order valence-electron chi connectivity index (χ0n) is 5.30. The summed E-state index contributed by atoms with van der Waals surface area (Å²) in [5.74, 6) is 0. The summed E-state index contributed by atoms with van der Waals surface area (Å²) in [6.07, 6.45) is -0.745. The van der Waals surface area contributed by atoms with Gasteiger partial charge in [-0.25, -0.2) is 4.79 Å². The Morgan fingerprint density at radius 2 is 1.50 bits per heavy atom. The Morgan fingerprint density at radius 3 is 1.50 bits per heavy atom. The van der Waals surface area contributed by atoms with Gasteiger partial charge in [0.15, 0.2) is 0 Å². The number of hydrogen-bond donors (Lipinski definition) is 1. The molecule has 0 aromatic carbocycles. The molecule has 8 heavy (non-hydrogen) atoms. The van der Waals surface area contributed by atoms with E-state index in [1.54, 1.807) is 14.2 Å². The summed E-state index contributed by atoms with van der Waals surface area (Å²) in [4.78, 5) is 9.37. The first-order valence-electron chi connectivity index (χ1n) is 1.92. The Balaban J connectivity index is 0. The number of carbonyl (C=O) groups excluding carboxylic acids is 1. The van der Waals surface area contributed by atoms with E-state index in [1.807, 2.05) is 0 Å². The van der Waals surface area contributed by atoms with Crippen LogP contribution in [0.15, 0.2) is 0 Å². The molecule has 0 rings (SSSR count). The van der Waals surface area contributed by atoms with E-state index in [2.05, 4.69) is 15.2 Å². The number of carbonyl (C=O) groups is 1. The smallest absolute Gasteiger partial charge is 0.404 e. The highest BCUT2D eigenvalue weighted by molar-refractivity contribution is 5.64. The number of nitrogens with two attached hydrogens (primary N) is 1. The maximum atomic E-state index is 9.37. The van der Waals surface area contributed by atoms with E-state index in [4.69, 9.17) is 0 Å². The summed E-state index contributed by atoms with van der Waals surface area (Å²) in [5.41, 5.74) is 4.43. The molecule has 0 fully saturated rings. The molecule has 2 N–H and O–H groups in total. The van der Waals surface area contributed by atoms with Crippen molar-refractivity contribution in [2.45, 2.75) is 0 Å². The summed E-state index contributed by atoms with van der Waals surface area (Å²) in [5, 5.41) is 0. The molecule has 0 saturated heterocycles. The molecule has 4 nitrogen and oxygen atoms in total. The molecule has 0 aromatic heterocycles. The zero-order valence-corrected chi connectivity index (χ0v) is 5.30. The maximum Gasteiger partial charge on any atom is 0.404 e. The Labute approximate surface area is 48.6 Å². The van der Waals surface area contributed by atoms with Crippen molar-refractivity contribution < 1.29 is 14.3 Å². The molecule has 0 aliphatic carbocycles. The molecule has 0 aliphatic rings. The average molecular weight is 121 g/mol. The Hall–Kier alpha value is -0.770. The molecule has 0 aliphatic heterocycles. The lowest BCUT2D eigenvalue weighted by atomic mass is 11.3. The van der Waals surface area contributed by atoms with E-state index in [9.17, 15) is 4.79 Å².